The minimum atomic E-state index is -0.944. The Hall–Kier alpha value is -3.82. The molecule has 9 heteroatoms. The van der Waals surface area contributed by atoms with Crippen molar-refractivity contribution in [3.63, 3.8) is 0 Å². The van der Waals surface area contributed by atoms with Gasteiger partial charge in [0.05, 0.1) is 20.9 Å². The van der Waals surface area contributed by atoms with Crippen LogP contribution in [-0.2, 0) is 17.6 Å². The lowest BCUT2D eigenvalue weighted by molar-refractivity contribution is -0.136. The minimum Gasteiger partial charge on any atom is -0.507 e. The fourth-order valence-electron chi connectivity index (χ4n) is 3.63. The number of phenolic OH excluding ortho intramolecular Hbond substituents is 1. The van der Waals surface area contributed by atoms with Crippen molar-refractivity contribution < 1.29 is 29.3 Å². The van der Waals surface area contributed by atoms with Crippen LogP contribution in [0.1, 0.15) is 21.5 Å². The van der Waals surface area contributed by atoms with E-state index >= 15 is 0 Å². The summed E-state index contributed by atoms with van der Waals surface area (Å²) in [5, 5.41) is 22.1. The molecule has 0 aliphatic carbocycles. The number of carboxylic acids is 1. The molecule has 0 spiro atoms. The molecule has 38 heavy (non-hydrogen) atoms. The van der Waals surface area contributed by atoms with Crippen molar-refractivity contribution in [1.29, 1.82) is 0 Å². The van der Waals surface area contributed by atoms with Gasteiger partial charge < -0.3 is 25.0 Å². The summed E-state index contributed by atoms with van der Waals surface area (Å²) in [6.07, 6.45) is 0.462. The molecule has 0 aliphatic rings. The number of carbonyl (C=O) groups excluding carboxylic acids is 1. The number of benzene rings is 4. The van der Waals surface area contributed by atoms with Crippen molar-refractivity contribution >= 4 is 43.7 Å². The van der Waals surface area contributed by atoms with Crippen molar-refractivity contribution in [1.82, 2.24) is 5.32 Å². The van der Waals surface area contributed by atoms with Crippen LogP contribution in [0.4, 0.5) is 0 Å². The highest BCUT2D eigenvalue weighted by atomic mass is 79.9. The molecule has 4 aromatic rings. The van der Waals surface area contributed by atoms with Crippen molar-refractivity contribution in [2.75, 3.05) is 6.54 Å². The average Bonchev–Trinajstić information content (AvgIpc) is 2.88. The second-order valence-corrected chi connectivity index (χ2v) is 10.0. The number of para-hydroxylation sites is 1. The van der Waals surface area contributed by atoms with Crippen LogP contribution in [-0.4, -0.2) is 28.6 Å². The molecule has 0 heterocycles. The van der Waals surface area contributed by atoms with Crippen molar-refractivity contribution in [2.24, 2.45) is 0 Å². The van der Waals surface area contributed by atoms with Crippen LogP contribution in [0.2, 0.25) is 0 Å². The first kappa shape index (κ1) is 27.2. The summed E-state index contributed by atoms with van der Waals surface area (Å²) >= 11 is 6.80. The fourth-order valence-corrected chi connectivity index (χ4v) is 5.07. The van der Waals surface area contributed by atoms with Gasteiger partial charge in [-0.2, -0.15) is 0 Å². The van der Waals surface area contributed by atoms with Gasteiger partial charge in [0, 0.05) is 6.54 Å². The maximum absolute atomic E-state index is 12.8. The normalized spacial score (nSPS) is 10.6. The summed E-state index contributed by atoms with van der Waals surface area (Å²) in [5.74, 6) is 0.666. The van der Waals surface area contributed by atoms with E-state index in [0.717, 1.165) is 17.1 Å². The Morgan fingerprint density at radius 2 is 1.39 bits per heavy atom. The molecule has 1 amide bonds. The zero-order chi connectivity index (χ0) is 27.1. The van der Waals surface area contributed by atoms with Crippen LogP contribution in [0.25, 0.3) is 0 Å². The number of amides is 1. The first-order chi connectivity index (χ1) is 18.3. The highest BCUT2D eigenvalue weighted by Gasteiger charge is 2.16. The van der Waals surface area contributed by atoms with Crippen molar-refractivity contribution in [3.05, 3.63) is 111 Å². The van der Waals surface area contributed by atoms with Gasteiger partial charge in [0.25, 0.3) is 5.91 Å². The molecule has 7 nitrogen and oxygen atoms in total. The number of aromatic hydroxyl groups is 1. The number of hydrogen-bond donors (Lipinski definition) is 3. The topological polar surface area (TPSA) is 105 Å². The quantitative estimate of drug-likeness (QED) is 0.171. The predicted octanol–water partition coefficient (Wildman–Crippen LogP) is 7.10. The van der Waals surface area contributed by atoms with Crippen molar-refractivity contribution in [2.45, 2.75) is 12.8 Å². The van der Waals surface area contributed by atoms with E-state index in [9.17, 15) is 14.7 Å². The lowest BCUT2D eigenvalue weighted by atomic mass is 10.1. The first-order valence-electron chi connectivity index (χ1n) is 11.6. The summed E-state index contributed by atoms with van der Waals surface area (Å²) in [6.45, 7) is 0.365. The van der Waals surface area contributed by atoms with Crippen LogP contribution in [0.15, 0.2) is 93.9 Å². The Balaban J connectivity index is 1.36. The van der Waals surface area contributed by atoms with Gasteiger partial charge in [-0.15, -0.1) is 0 Å². The Kier molecular flexibility index (Phi) is 9.04. The standard InChI is InChI=1S/C29H23Br2NO6/c30-24-14-19(16-27(34)35)15-25(31)28(24)38-22-10-11-26(33)23(17-22)29(36)32-13-12-18-6-8-21(9-7-18)37-20-4-2-1-3-5-20/h1-11,14-15,17,33H,12-13,16H2,(H,32,36)(H,34,35). The largest absolute Gasteiger partial charge is 0.507 e. The molecule has 0 fully saturated rings. The van der Waals surface area contributed by atoms with E-state index in [2.05, 4.69) is 37.2 Å². The number of phenols is 1. The van der Waals surface area contributed by atoms with Gasteiger partial charge in [0.1, 0.15) is 23.0 Å². The molecule has 4 aromatic carbocycles. The molecule has 0 atom stereocenters. The third-order valence-corrected chi connectivity index (χ3v) is 6.63. The van der Waals surface area contributed by atoms with Crippen LogP contribution >= 0.6 is 31.9 Å². The Labute approximate surface area is 236 Å². The van der Waals surface area contributed by atoms with Gasteiger partial charge in [-0.05, 0) is 104 Å². The third kappa shape index (κ3) is 7.36. The van der Waals surface area contributed by atoms with Crippen molar-refractivity contribution in [3.8, 4) is 28.7 Å². The molecule has 3 N–H and O–H groups in total. The number of rotatable bonds is 10. The second-order valence-electron chi connectivity index (χ2n) is 8.31. The third-order valence-electron chi connectivity index (χ3n) is 5.45. The Morgan fingerprint density at radius 1 is 0.763 bits per heavy atom. The number of nitrogens with one attached hydrogen (secondary N) is 1. The van der Waals surface area contributed by atoms with Gasteiger partial charge in [-0.3, -0.25) is 9.59 Å². The SMILES string of the molecule is O=C(O)Cc1cc(Br)c(Oc2ccc(O)c(C(=O)NCCc3ccc(Oc4ccccc4)cc3)c2)c(Br)c1. The minimum absolute atomic E-state index is 0.0730. The first-order valence-corrected chi connectivity index (χ1v) is 13.2. The zero-order valence-electron chi connectivity index (χ0n) is 20.0. The molecular formula is C29H23Br2NO6. The summed E-state index contributed by atoms with van der Waals surface area (Å²) in [7, 11) is 0. The average molecular weight is 641 g/mol. The van der Waals surface area contributed by atoms with Crippen LogP contribution in [0, 0.1) is 0 Å². The molecule has 0 saturated heterocycles. The molecule has 0 bridgehead atoms. The van der Waals surface area contributed by atoms with E-state index in [1.807, 2.05) is 54.6 Å². The number of carboxylic acid groups (broad SMARTS) is 1. The fraction of sp³-hybridized carbons (Fsp3) is 0.103. The maximum atomic E-state index is 12.8. The molecule has 0 unspecified atom stereocenters. The van der Waals surface area contributed by atoms with E-state index in [1.54, 1.807) is 12.1 Å². The second kappa shape index (κ2) is 12.6. The van der Waals surface area contributed by atoms with Gasteiger partial charge in [0.2, 0.25) is 0 Å². The predicted molar refractivity (Wildman–Crippen MR) is 150 cm³/mol. The molecular weight excluding hydrogens is 618 g/mol. The number of halogens is 2. The van der Waals surface area contributed by atoms with E-state index in [4.69, 9.17) is 14.6 Å². The number of hydrogen-bond acceptors (Lipinski definition) is 5. The molecule has 0 aliphatic heterocycles. The van der Waals surface area contributed by atoms with Gasteiger partial charge in [-0.25, -0.2) is 0 Å². The highest BCUT2D eigenvalue weighted by Crippen LogP contribution is 2.39. The van der Waals surface area contributed by atoms with Crippen LogP contribution in [0.5, 0.6) is 28.7 Å². The van der Waals surface area contributed by atoms with Gasteiger partial charge in [-0.1, -0.05) is 30.3 Å². The monoisotopic (exact) mass is 639 g/mol. The van der Waals surface area contributed by atoms with E-state index in [1.165, 1.54) is 18.2 Å². The summed E-state index contributed by atoms with van der Waals surface area (Å²) in [4.78, 5) is 23.8. The Morgan fingerprint density at radius 3 is 2.05 bits per heavy atom. The number of ether oxygens (including phenoxy) is 2. The van der Waals surface area contributed by atoms with Gasteiger partial charge in [0.15, 0.2) is 5.75 Å². The summed E-state index contributed by atoms with van der Waals surface area (Å²) in [6, 6.07) is 24.8. The summed E-state index contributed by atoms with van der Waals surface area (Å²) < 4.78 is 12.8. The number of carbonyl (C=O) groups is 2. The maximum Gasteiger partial charge on any atom is 0.307 e. The molecule has 0 saturated carbocycles. The smallest absolute Gasteiger partial charge is 0.307 e. The number of aliphatic carboxylic acids is 1. The van der Waals surface area contributed by atoms with E-state index in [-0.39, 0.29) is 17.7 Å². The molecule has 0 radical (unpaired) electrons. The lowest BCUT2D eigenvalue weighted by Crippen LogP contribution is -2.25. The van der Waals surface area contributed by atoms with E-state index in [0.29, 0.717) is 39.0 Å². The zero-order valence-corrected chi connectivity index (χ0v) is 23.2. The molecule has 4 rings (SSSR count). The summed E-state index contributed by atoms with van der Waals surface area (Å²) in [5.41, 5.74) is 1.68. The van der Waals surface area contributed by atoms with E-state index < -0.39 is 11.9 Å². The van der Waals surface area contributed by atoms with Crippen LogP contribution < -0.4 is 14.8 Å². The highest BCUT2D eigenvalue weighted by molar-refractivity contribution is 9.11. The van der Waals surface area contributed by atoms with Gasteiger partial charge >= 0.3 is 5.97 Å². The molecule has 194 valence electrons. The van der Waals surface area contributed by atoms with Crippen LogP contribution in [0.3, 0.4) is 0 Å². The molecule has 0 aromatic heterocycles. The lowest BCUT2D eigenvalue weighted by Gasteiger charge is -2.13. The Bertz CT molecular complexity index is 1420.